The van der Waals surface area contributed by atoms with E-state index in [0.29, 0.717) is 5.41 Å². The molecule has 0 saturated heterocycles. The Morgan fingerprint density at radius 3 is 1.83 bits per heavy atom. The molecule has 0 spiro atoms. The van der Waals surface area contributed by atoms with E-state index in [1.54, 1.807) is 70.6 Å². The molecule has 0 N–H and O–H groups in total. The maximum atomic E-state index is 2.63. The molecule has 6 bridgehead atoms. The Kier molecular flexibility index (Phi) is 3.17. The maximum absolute atomic E-state index is 2.63. The molecule has 10 unspecified atom stereocenters. The molecule has 0 aromatic rings. The molecular weight excluding hydrogens is 288 g/mol. The number of rotatable bonds is 2. The van der Waals surface area contributed by atoms with E-state index in [4.69, 9.17) is 0 Å². The molecular formula is C24H38. The first kappa shape index (κ1) is 15.1. The summed E-state index contributed by atoms with van der Waals surface area (Å²) in [6, 6.07) is 0. The lowest BCUT2D eigenvalue weighted by Gasteiger charge is -2.54. The summed E-state index contributed by atoms with van der Waals surface area (Å²) in [6.07, 6.45) is 17.8. The van der Waals surface area contributed by atoms with E-state index >= 15 is 0 Å². The minimum absolute atomic E-state index is 0.684. The van der Waals surface area contributed by atoms with Crippen molar-refractivity contribution < 1.29 is 0 Å². The van der Waals surface area contributed by atoms with Crippen LogP contribution in [0.3, 0.4) is 0 Å². The van der Waals surface area contributed by atoms with Crippen LogP contribution in [0.2, 0.25) is 0 Å². The minimum atomic E-state index is 0.684. The van der Waals surface area contributed by atoms with Gasteiger partial charge in [-0.05, 0) is 122 Å². The highest BCUT2D eigenvalue weighted by atomic mass is 14.6. The van der Waals surface area contributed by atoms with Crippen molar-refractivity contribution in [2.45, 2.75) is 84.5 Å². The fourth-order valence-corrected chi connectivity index (χ4v) is 10.0. The van der Waals surface area contributed by atoms with E-state index in [-0.39, 0.29) is 0 Å². The molecule has 24 heavy (non-hydrogen) atoms. The van der Waals surface area contributed by atoms with Gasteiger partial charge in [0.1, 0.15) is 0 Å². The molecule has 7 saturated carbocycles. The molecule has 0 heterocycles. The van der Waals surface area contributed by atoms with Crippen molar-refractivity contribution >= 4 is 0 Å². The average Bonchev–Trinajstić information content (AvgIpc) is 3.35. The third kappa shape index (κ3) is 1.92. The van der Waals surface area contributed by atoms with E-state index in [1.165, 1.54) is 11.8 Å². The molecule has 7 aliphatic carbocycles. The van der Waals surface area contributed by atoms with E-state index in [0.717, 1.165) is 47.3 Å². The topological polar surface area (TPSA) is 0 Å². The highest BCUT2D eigenvalue weighted by Crippen LogP contribution is 2.67. The van der Waals surface area contributed by atoms with Crippen molar-refractivity contribution in [3.05, 3.63) is 0 Å². The Labute approximate surface area is 149 Å². The molecule has 7 fully saturated rings. The van der Waals surface area contributed by atoms with Gasteiger partial charge in [0, 0.05) is 0 Å². The van der Waals surface area contributed by atoms with E-state index in [1.807, 2.05) is 0 Å². The molecule has 0 nitrogen and oxygen atoms in total. The summed E-state index contributed by atoms with van der Waals surface area (Å²) in [7, 11) is 0. The predicted octanol–water partition coefficient (Wildman–Crippen LogP) is 6.55. The average molecular weight is 327 g/mol. The van der Waals surface area contributed by atoms with Gasteiger partial charge in [-0.3, -0.25) is 0 Å². The van der Waals surface area contributed by atoms with Crippen molar-refractivity contribution in [3.8, 4) is 0 Å². The Bertz CT molecular complexity index is 518. The number of hydrogen-bond donors (Lipinski definition) is 0. The second-order valence-corrected chi connectivity index (χ2v) is 11.8. The Morgan fingerprint density at radius 2 is 1.25 bits per heavy atom. The van der Waals surface area contributed by atoms with Gasteiger partial charge in [-0.2, -0.15) is 0 Å². The third-order valence-corrected chi connectivity index (χ3v) is 11.0. The fraction of sp³-hybridized carbons (Fsp3) is 1.00. The van der Waals surface area contributed by atoms with Crippen LogP contribution in [0.1, 0.15) is 84.5 Å². The monoisotopic (exact) mass is 326 g/mol. The van der Waals surface area contributed by atoms with Gasteiger partial charge in [0.05, 0.1) is 0 Å². The zero-order chi connectivity index (χ0) is 16.1. The molecule has 7 rings (SSSR count). The summed E-state index contributed by atoms with van der Waals surface area (Å²) in [5, 5.41) is 0. The van der Waals surface area contributed by atoms with Gasteiger partial charge in [-0.15, -0.1) is 0 Å². The van der Waals surface area contributed by atoms with Crippen LogP contribution in [0.5, 0.6) is 0 Å². The number of fused-ring (bicyclic) bond motifs is 7. The van der Waals surface area contributed by atoms with Crippen molar-refractivity contribution in [1.82, 2.24) is 0 Å². The van der Waals surface area contributed by atoms with Gasteiger partial charge in [-0.1, -0.05) is 26.7 Å². The largest absolute Gasteiger partial charge is 0.0594 e. The Hall–Kier alpha value is 0. The Morgan fingerprint density at radius 1 is 0.542 bits per heavy atom. The smallest absolute Gasteiger partial charge is 0.0295 e. The Balaban J connectivity index is 1.26. The standard InChI is InChI=1S/C24H38/c1-24(2)17-6-8-23(24)22(13-17)21-12-15-4-7-18(21)20(11-15)19-10-14-3-5-16(19)9-14/h14-23H,3-13H2,1-2H3. The summed E-state index contributed by atoms with van der Waals surface area (Å²) in [5.41, 5.74) is 0.684. The van der Waals surface area contributed by atoms with Gasteiger partial charge < -0.3 is 0 Å². The summed E-state index contributed by atoms with van der Waals surface area (Å²) in [4.78, 5) is 0. The zero-order valence-corrected chi connectivity index (χ0v) is 16.1. The SMILES string of the molecule is CC1(C)C2CCC1C(C1CC3CCC1C(C1CC4CCC1C4)C3)C2. The third-order valence-electron chi connectivity index (χ3n) is 11.0. The van der Waals surface area contributed by atoms with Crippen LogP contribution in [-0.4, -0.2) is 0 Å². The van der Waals surface area contributed by atoms with Crippen LogP contribution in [0.25, 0.3) is 0 Å². The van der Waals surface area contributed by atoms with Gasteiger partial charge in [0.2, 0.25) is 0 Å². The van der Waals surface area contributed by atoms with E-state index in [9.17, 15) is 0 Å². The molecule has 0 radical (unpaired) electrons. The highest BCUT2D eigenvalue weighted by Gasteiger charge is 2.59. The molecule has 0 heteroatoms. The fourth-order valence-electron chi connectivity index (χ4n) is 10.0. The maximum Gasteiger partial charge on any atom is -0.0295 e. The van der Waals surface area contributed by atoms with Gasteiger partial charge in [-0.25, -0.2) is 0 Å². The zero-order valence-electron chi connectivity index (χ0n) is 16.1. The quantitative estimate of drug-likeness (QED) is 0.540. The summed E-state index contributed by atoms with van der Waals surface area (Å²) >= 11 is 0. The second kappa shape index (κ2) is 5.04. The summed E-state index contributed by atoms with van der Waals surface area (Å²) in [6.45, 7) is 5.26. The lowest BCUT2D eigenvalue weighted by atomic mass is 9.51. The van der Waals surface area contributed by atoms with Crippen LogP contribution in [0.4, 0.5) is 0 Å². The lowest BCUT2D eigenvalue weighted by Crippen LogP contribution is -2.46. The van der Waals surface area contributed by atoms with Crippen molar-refractivity contribution in [3.63, 3.8) is 0 Å². The summed E-state index contributed by atoms with van der Waals surface area (Å²) < 4.78 is 0. The minimum Gasteiger partial charge on any atom is -0.0594 e. The molecule has 7 aliphatic rings. The molecule has 134 valence electrons. The van der Waals surface area contributed by atoms with Gasteiger partial charge in [0.25, 0.3) is 0 Å². The highest BCUT2D eigenvalue weighted by molar-refractivity contribution is 5.08. The molecule has 0 aromatic carbocycles. The van der Waals surface area contributed by atoms with Crippen LogP contribution in [0, 0.1) is 64.6 Å². The van der Waals surface area contributed by atoms with Crippen molar-refractivity contribution in [2.24, 2.45) is 64.6 Å². The normalized spacial score (nSPS) is 60.2. The van der Waals surface area contributed by atoms with Crippen molar-refractivity contribution in [2.75, 3.05) is 0 Å². The molecule has 0 aromatic heterocycles. The molecule has 0 aliphatic heterocycles. The lowest BCUT2D eigenvalue weighted by molar-refractivity contribution is -0.0465. The van der Waals surface area contributed by atoms with Crippen LogP contribution >= 0.6 is 0 Å². The van der Waals surface area contributed by atoms with Gasteiger partial charge >= 0.3 is 0 Å². The second-order valence-electron chi connectivity index (χ2n) is 11.8. The first-order valence-electron chi connectivity index (χ1n) is 11.6. The summed E-state index contributed by atoms with van der Waals surface area (Å²) in [5.74, 6) is 11.4. The first-order valence-corrected chi connectivity index (χ1v) is 11.6. The van der Waals surface area contributed by atoms with Crippen LogP contribution in [-0.2, 0) is 0 Å². The van der Waals surface area contributed by atoms with E-state index < -0.39 is 0 Å². The van der Waals surface area contributed by atoms with Gasteiger partial charge in [0.15, 0.2) is 0 Å². The van der Waals surface area contributed by atoms with Crippen LogP contribution < -0.4 is 0 Å². The number of hydrogen-bond acceptors (Lipinski definition) is 0. The first-order chi connectivity index (χ1) is 11.6. The van der Waals surface area contributed by atoms with Crippen molar-refractivity contribution in [1.29, 1.82) is 0 Å². The predicted molar refractivity (Wildman–Crippen MR) is 99.5 cm³/mol. The van der Waals surface area contributed by atoms with E-state index in [2.05, 4.69) is 13.8 Å². The molecule has 10 atom stereocenters. The molecule has 0 amide bonds. The van der Waals surface area contributed by atoms with Crippen LogP contribution in [0.15, 0.2) is 0 Å².